The van der Waals surface area contributed by atoms with Crippen LogP contribution >= 0.6 is 0 Å². The average molecular weight is 280 g/mol. The number of para-hydroxylation sites is 1. The molecule has 0 radical (unpaired) electrons. The largest absolute Gasteiger partial charge is 0.389 e. The minimum atomic E-state index is -0.654. The average Bonchev–Trinajstić information content (AvgIpc) is 2.46. The number of likely N-dealkylation sites (tertiary alicyclic amines) is 1. The summed E-state index contributed by atoms with van der Waals surface area (Å²) >= 11 is 0. The summed E-state index contributed by atoms with van der Waals surface area (Å²) in [6.45, 7) is 7.06. The molecule has 0 unspecified atom stereocenters. The molecule has 0 saturated carbocycles. The van der Waals surface area contributed by atoms with Crippen LogP contribution in [-0.4, -0.2) is 42.7 Å². The minimum Gasteiger partial charge on any atom is -0.389 e. The van der Waals surface area contributed by atoms with Crippen LogP contribution in [0.4, 0.5) is 10.1 Å². The van der Waals surface area contributed by atoms with Crippen LogP contribution in [0.5, 0.6) is 0 Å². The van der Waals surface area contributed by atoms with E-state index >= 15 is 0 Å². The molecule has 1 N–H and O–H groups in total. The van der Waals surface area contributed by atoms with Gasteiger partial charge in [0.05, 0.1) is 11.8 Å². The highest BCUT2D eigenvalue weighted by Crippen LogP contribution is 2.31. The van der Waals surface area contributed by atoms with Gasteiger partial charge in [0.25, 0.3) is 0 Å². The Kier molecular flexibility index (Phi) is 5.00. The molecule has 0 spiro atoms. The molecule has 2 rings (SSSR count). The predicted molar refractivity (Wildman–Crippen MR) is 80.6 cm³/mol. The van der Waals surface area contributed by atoms with E-state index in [1.165, 1.54) is 6.07 Å². The Hall–Kier alpha value is -1.13. The smallest absolute Gasteiger partial charge is 0.146 e. The third kappa shape index (κ3) is 3.13. The van der Waals surface area contributed by atoms with Crippen LogP contribution in [-0.2, 0) is 0 Å². The van der Waals surface area contributed by atoms with Gasteiger partial charge in [-0.3, -0.25) is 0 Å². The van der Waals surface area contributed by atoms with Gasteiger partial charge in [0.1, 0.15) is 5.82 Å². The summed E-state index contributed by atoms with van der Waals surface area (Å²) in [5.41, 5.74) is 1.22. The first kappa shape index (κ1) is 15.3. The van der Waals surface area contributed by atoms with Crippen molar-refractivity contribution in [1.82, 2.24) is 4.90 Å². The highest BCUT2D eigenvalue weighted by Gasteiger charge is 2.25. The third-order valence-electron chi connectivity index (χ3n) is 4.37. The molecule has 0 aliphatic carbocycles. The number of piperidine rings is 1. The molecule has 0 amide bonds. The zero-order valence-corrected chi connectivity index (χ0v) is 12.6. The first-order valence-corrected chi connectivity index (χ1v) is 7.46. The van der Waals surface area contributed by atoms with Crippen molar-refractivity contribution in [2.75, 3.05) is 31.6 Å². The Balaban J connectivity index is 2.19. The first-order valence-electron chi connectivity index (χ1n) is 7.46. The first-order chi connectivity index (χ1) is 9.54. The van der Waals surface area contributed by atoms with Crippen molar-refractivity contribution >= 4 is 5.69 Å². The molecule has 20 heavy (non-hydrogen) atoms. The predicted octanol–water partition coefficient (Wildman–Crippen LogP) is 2.80. The molecule has 3 nitrogen and oxygen atoms in total. The fraction of sp³-hybridized carbons (Fsp3) is 0.625. The Morgan fingerprint density at radius 3 is 2.60 bits per heavy atom. The number of nitrogens with zero attached hydrogens (tertiary/aromatic N) is 2. The summed E-state index contributed by atoms with van der Waals surface area (Å²) in [6, 6.07) is 5.28. The van der Waals surface area contributed by atoms with Crippen LogP contribution in [0.15, 0.2) is 18.2 Å². The van der Waals surface area contributed by atoms with Crippen LogP contribution in [0.1, 0.15) is 38.4 Å². The quantitative estimate of drug-likeness (QED) is 0.918. The second kappa shape index (κ2) is 6.55. The van der Waals surface area contributed by atoms with Crippen LogP contribution in [0, 0.1) is 5.82 Å². The van der Waals surface area contributed by atoms with Gasteiger partial charge in [0, 0.05) is 31.7 Å². The van der Waals surface area contributed by atoms with Crippen LogP contribution < -0.4 is 4.90 Å². The van der Waals surface area contributed by atoms with Crippen molar-refractivity contribution in [3.63, 3.8) is 0 Å². The molecule has 0 aromatic heterocycles. The molecule has 1 atom stereocenters. The number of aliphatic hydroxyl groups excluding tert-OH is 1. The molecule has 1 aliphatic heterocycles. The van der Waals surface area contributed by atoms with Gasteiger partial charge in [0.15, 0.2) is 0 Å². The van der Waals surface area contributed by atoms with E-state index in [0.29, 0.717) is 17.3 Å². The monoisotopic (exact) mass is 280 g/mol. The van der Waals surface area contributed by atoms with Gasteiger partial charge < -0.3 is 14.9 Å². The molecule has 1 heterocycles. The van der Waals surface area contributed by atoms with Gasteiger partial charge in [0.2, 0.25) is 0 Å². The number of rotatable bonds is 4. The third-order valence-corrected chi connectivity index (χ3v) is 4.37. The highest BCUT2D eigenvalue weighted by molar-refractivity contribution is 5.56. The van der Waals surface area contributed by atoms with Crippen molar-refractivity contribution in [1.29, 1.82) is 0 Å². The van der Waals surface area contributed by atoms with Gasteiger partial charge in [-0.25, -0.2) is 4.39 Å². The van der Waals surface area contributed by atoms with E-state index in [-0.39, 0.29) is 5.82 Å². The lowest BCUT2D eigenvalue weighted by Crippen LogP contribution is -2.43. The zero-order chi connectivity index (χ0) is 14.7. The second-order valence-corrected chi connectivity index (χ2v) is 5.63. The van der Waals surface area contributed by atoms with E-state index in [1.807, 2.05) is 11.9 Å². The molecule has 1 aliphatic rings. The Labute approximate surface area is 121 Å². The summed E-state index contributed by atoms with van der Waals surface area (Å²) < 4.78 is 14.2. The van der Waals surface area contributed by atoms with E-state index in [0.717, 1.165) is 32.5 Å². The van der Waals surface area contributed by atoms with Gasteiger partial charge >= 0.3 is 0 Å². The molecular formula is C16H25FN2O. The standard InChI is InChI=1S/C16H25FN2O/c1-4-19-10-8-13(9-11-19)18(3)16-14(12(2)20)6-5-7-15(16)17/h5-7,12-13,20H,4,8-11H2,1-3H3/t12-/m0/s1. The normalized spacial score (nSPS) is 19.1. The Morgan fingerprint density at radius 1 is 1.40 bits per heavy atom. The molecule has 112 valence electrons. The fourth-order valence-electron chi connectivity index (χ4n) is 3.05. The molecule has 1 fully saturated rings. The van der Waals surface area contributed by atoms with Gasteiger partial charge in [-0.1, -0.05) is 19.1 Å². The number of aliphatic hydroxyl groups is 1. The van der Waals surface area contributed by atoms with Gasteiger partial charge in [-0.15, -0.1) is 0 Å². The molecule has 1 aromatic rings. The number of hydrogen-bond donors (Lipinski definition) is 1. The molecular weight excluding hydrogens is 255 g/mol. The molecule has 1 saturated heterocycles. The lowest BCUT2D eigenvalue weighted by Gasteiger charge is -2.38. The summed E-state index contributed by atoms with van der Waals surface area (Å²) in [5, 5.41) is 9.85. The van der Waals surface area contributed by atoms with Crippen LogP contribution in [0.25, 0.3) is 0 Å². The SMILES string of the molecule is CCN1CCC(N(C)c2c(F)cccc2[C@H](C)O)CC1. The van der Waals surface area contributed by atoms with E-state index in [1.54, 1.807) is 19.1 Å². The molecule has 1 aromatic carbocycles. The van der Waals surface area contributed by atoms with E-state index < -0.39 is 6.10 Å². The topological polar surface area (TPSA) is 26.7 Å². The van der Waals surface area contributed by atoms with Gasteiger partial charge in [-0.05, 0) is 32.4 Å². The van der Waals surface area contributed by atoms with Crippen LogP contribution in [0.3, 0.4) is 0 Å². The number of anilines is 1. The zero-order valence-electron chi connectivity index (χ0n) is 12.6. The Morgan fingerprint density at radius 2 is 2.05 bits per heavy atom. The number of benzene rings is 1. The van der Waals surface area contributed by atoms with Gasteiger partial charge in [-0.2, -0.15) is 0 Å². The summed E-state index contributed by atoms with van der Waals surface area (Å²) in [5.74, 6) is -0.246. The highest BCUT2D eigenvalue weighted by atomic mass is 19.1. The molecule has 4 heteroatoms. The van der Waals surface area contributed by atoms with Crippen molar-refractivity contribution in [3.8, 4) is 0 Å². The minimum absolute atomic E-state index is 0.246. The van der Waals surface area contributed by atoms with Crippen molar-refractivity contribution in [2.45, 2.75) is 38.8 Å². The van der Waals surface area contributed by atoms with Crippen LogP contribution in [0.2, 0.25) is 0 Å². The maximum absolute atomic E-state index is 14.2. The van der Waals surface area contributed by atoms with Crippen molar-refractivity contribution in [3.05, 3.63) is 29.6 Å². The lowest BCUT2D eigenvalue weighted by atomic mass is 10.00. The second-order valence-electron chi connectivity index (χ2n) is 5.63. The van der Waals surface area contributed by atoms with Crippen molar-refractivity contribution in [2.24, 2.45) is 0 Å². The maximum Gasteiger partial charge on any atom is 0.146 e. The van der Waals surface area contributed by atoms with E-state index in [9.17, 15) is 9.50 Å². The molecule has 0 bridgehead atoms. The Bertz CT molecular complexity index is 442. The fourth-order valence-corrected chi connectivity index (χ4v) is 3.05. The summed E-state index contributed by atoms with van der Waals surface area (Å²) in [6.07, 6.45) is 1.43. The summed E-state index contributed by atoms with van der Waals surface area (Å²) in [7, 11) is 1.94. The number of hydrogen-bond acceptors (Lipinski definition) is 3. The maximum atomic E-state index is 14.2. The van der Waals surface area contributed by atoms with E-state index in [2.05, 4.69) is 11.8 Å². The number of halogens is 1. The van der Waals surface area contributed by atoms with Crippen molar-refractivity contribution < 1.29 is 9.50 Å². The lowest BCUT2D eigenvalue weighted by molar-refractivity contribution is 0.197. The summed E-state index contributed by atoms with van der Waals surface area (Å²) in [4.78, 5) is 4.44. The van der Waals surface area contributed by atoms with E-state index in [4.69, 9.17) is 0 Å².